The first-order chi connectivity index (χ1) is 9.56. The number of rotatable bonds is 5. The van der Waals surface area contributed by atoms with Crippen LogP contribution in [0.2, 0.25) is 0 Å². The van der Waals surface area contributed by atoms with Crippen LogP contribution in [0.3, 0.4) is 0 Å². The van der Waals surface area contributed by atoms with Crippen LogP contribution >= 0.6 is 0 Å². The van der Waals surface area contributed by atoms with Crippen molar-refractivity contribution in [1.82, 2.24) is 5.32 Å². The molecule has 1 aromatic carbocycles. The molecule has 2 N–H and O–H groups in total. The first kappa shape index (κ1) is 14.3. The third-order valence-electron chi connectivity index (χ3n) is 3.00. The molecule has 4 heteroatoms. The summed E-state index contributed by atoms with van der Waals surface area (Å²) in [5.74, 6) is 0.477. The third kappa shape index (κ3) is 3.71. The number of carbonyl (C=O) groups excluding carboxylic acids is 1. The van der Waals surface area contributed by atoms with E-state index in [0.717, 1.165) is 17.8 Å². The van der Waals surface area contributed by atoms with Gasteiger partial charge in [-0.25, -0.2) is 0 Å². The summed E-state index contributed by atoms with van der Waals surface area (Å²) in [5, 5.41) is 6.24. The summed E-state index contributed by atoms with van der Waals surface area (Å²) < 4.78 is 5.14. The van der Waals surface area contributed by atoms with E-state index >= 15 is 0 Å². The fourth-order valence-corrected chi connectivity index (χ4v) is 1.90. The number of furan rings is 1. The number of benzene rings is 1. The Bertz CT molecular complexity index is 588. The van der Waals surface area contributed by atoms with Crippen LogP contribution in [0, 0.1) is 6.92 Å². The molecule has 4 nitrogen and oxygen atoms in total. The molecule has 0 aliphatic carbocycles. The molecule has 2 aromatic rings. The van der Waals surface area contributed by atoms with Gasteiger partial charge in [0.25, 0.3) is 5.91 Å². The summed E-state index contributed by atoms with van der Waals surface area (Å²) in [6.45, 7) is 6.77. The molecule has 1 aromatic heterocycles. The highest BCUT2D eigenvalue weighted by Gasteiger charge is 2.11. The maximum absolute atomic E-state index is 12.1. The third-order valence-corrected chi connectivity index (χ3v) is 3.00. The second kappa shape index (κ2) is 6.39. The van der Waals surface area contributed by atoms with Crippen molar-refractivity contribution in [2.24, 2.45) is 0 Å². The Morgan fingerprint density at radius 2 is 2.10 bits per heavy atom. The van der Waals surface area contributed by atoms with Crippen molar-refractivity contribution in [1.29, 1.82) is 0 Å². The van der Waals surface area contributed by atoms with E-state index in [1.807, 2.05) is 24.3 Å². The van der Waals surface area contributed by atoms with Crippen LogP contribution in [0.4, 0.5) is 5.69 Å². The van der Waals surface area contributed by atoms with E-state index in [0.29, 0.717) is 17.4 Å². The van der Waals surface area contributed by atoms with Crippen LogP contribution in [0.5, 0.6) is 0 Å². The van der Waals surface area contributed by atoms with Crippen molar-refractivity contribution in [3.05, 3.63) is 53.5 Å². The summed E-state index contributed by atoms with van der Waals surface area (Å²) >= 11 is 0. The predicted octanol–water partition coefficient (Wildman–Crippen LogP) is 3.34. The number of anilines is 1. The SMILES string of the molecule is Cc1occc1C(=O)Nc1cccc(CNC(C)C)c1. The van der Waals surface area contributed by atoms with Crippen LogP contribution in [0.15, 0.2) is 41.0 Å². The van der Waals surface area contributed by atoms with Crippen molar-refractivity contribution >= 4 is 11.6 Å². The first-order valence-corrected chi connectivity index (χ1v) is 6.74. The van der Waals surface area contributed by atoms with Crippen LogP contribution in [0.1, 0.15) is 35.5 Å². The van der Waals surface area contributed by atoms with E-state index < -0.39 is 0 Å². The summed E-state index contributed by atoms with van der Waals surface area (Å²) in [7, 11) is 0. The summed E-state index contributed by atoms with van der Waals surface area (Å²) in [6, 6.07) is 9.94. The maximum atomic E-state index is 12.1. The van der Waals surface area contributed by atoms with Crippen molar-refractivity contribution in [2.75, 3.05) is 5.32 Å². The Morgan fingerprint density at radius 1 is 1.30 bits per heavy atom. The van der Waals surface area contributed by atoms with Crippen molar-refractivity contribution in [3.63, 3.8) is 0 Å². The number of hydrogen-bond acceptors (Lipinski definition) is 3. The van der Waals surface area contributed by atoms with Crippen molar-refractivity contribution < 1.29 is 9.21 Å². The molecule has 0 atom stereocenters. The van der Waals surface area contributed by atoms with Gasteiger partial charge < -0.3 is 15.1 Å². The molecule has 0 radical (unpaired) electrons. The van der Waals surface area contributed by atoms with Gasteiger partial charge in [-0.15, -0.1) is 0 Å². The van der Waals surface area contributed by atoms with Crippen LogP contribution in [-0.4, -0.2) is 11.9 Å². The minimum Gasteiger partial charge on any atom is -0.469 e. The highest BCUT2D eigenvalue weighted by Crippen LogP contribution is 2.15. The highest BCUT2D eigenvalue weighted by atomic mass is 16.3. The number of aryl methyl sites for hydroxylation is 1. The Hall–Kier alpha value is -2.07. The molecule has 0 fully saturated rings. The highest BCUT2D eigenvalue weighted by molar-refractivity contribution is 6.04. The molecule has 0 spiro atoms. The Morgan fingerprint density at radius 3 is 2.75 bits per heavy atom. The fourth-order valence-electron chi connectivity index (χ4n) is 1.90. The second-order valence-electron chi connectivity index (χ2n) is 5.08. The normalized spacial score (nSPS) is 10.8. The van der Waals surface area contributed by atoms with Gasteiger partial charge in [0.2, 0.25) is 0 Å². The zero-order valence-electron chi connectivity index (χ0n) is 12.1. The minimum absolute atomic E-state index is 0.148. The molecule has 1 amide bonds. The predicted molar refractivity (Wildman–Crippen MR) is 79.8 cm³/mol. The largest absolute Gasteiger partial charge is 0.469 e. The zero-order chi connectivity index (χ0) is 14.5. The smallest absolute Gasteiger partial charge is 0.259 e. The molecule has 0 bridgehead atoms. The lowest BCUT2D eigenvalue weighted by atomic mass is 10.1. The molecular weight excluding hydrogens is 252 g/mol. The number of amides is 1. The van der Waals surface area contributed by atoms with Gasteiger partial charge in [0.05, 0.1) is 11.8 Å². The van der Waals surface area contributed by atoms with E-state index in [1.54, 1.807) is 13.0 Å². The van der Waals surface area contributed by atoms with Gasteiger partial charge >= 0.3 is 0 Å². The quantitative estimate of drug-likeness (QED) is 0.877. The lowest BCUT2D eigenvalue weighted by Gasteiger charge is -2.10. The minimum atomic E-state index is -0.148. The molecule has 0 aliphatic heterocycles. The van der Waals surface area contributed by atoms with Gasteiger partial charge in [0.15, 0.2) is 0 Å². The second-order valence-corrected chi connectivity index (χ2v) is 5.08. The Labute approximate surface area is 119 Å². The number of carbonyl (C=O) groups is 1. The van der Waals surface area contributed by atoms with Gasteiger partial charge in [-0.3, -0.25) is 4.79 Å². The molecule has 2 rings (SSSR count). The van der Waals surface area contributed by atoms with E-state index in [4.69, 9.17) is 4.42 Å². The molecule has 0 saturated heterocycles. The fraction of sp³-hybridized carbons (Fsp3) is 0.312. The molecule has 106 valence electrons. The summed E-state index contributed by atoms with van der Waals surface area (Å²) in [5.41, 5.74) is 2.50. The van der Waals surface area contributed by atoms with E-state index in [9.17, 15) is 4.79 Å². The summed E-state index contributed by atoms with van der Waals surface area (Å²) in [4.78, 5) is 12.1. The standard InChI is InChI=1S/C16H20N2O2/c1-11(2)17-10-13-5-4-6-14(9-13)18-16(19)15-7-8-20-12(15)3/h4-9,11,17H,10H2,1-3H3,(H,18,19). The van der Waals surface area contributed by atoms with E-state index in [2.05, 4.69) is 24.5 Å². The van der Waals surface area contributed by atoms with Gasteiger partial charge in [-0.2, -0.15) is 0 Å². The van der Waals surface area contributed by atoms with E-state index in [1.165, 1.54) is 6.26 Å². The average molecular weight is 272 g/mol. The zero-order valence-corrected chi connectivity index (χ0v) is 12.1. The lowest BCUT2D eigenvalue weighted by Crippen LogP contribution is -2.21. The Kier molecular flexibility index (Phi) is 4.58. The number of hydrogen-bond donors (Lipinski definition) is 2. The molecular formula is C16H20N2O2. The molecule has 0 unspecified atom stereocenters. The average Bonchev–Trinajstić information content (AvgIpc) is 2.83. The monoisotopic (exact) mass is 272 g/mol. The van der Waals surface area contributed by atoms with Crippen molar-refractivity contribution in [3.8, 4) is 0 Å². The van der Waals surface area contributed by atoms with Crippen LogP contribution < -0.4 is 10.6 Å². The Balaban J connectivity index is 2.04. The van der Waals surface area contributed by atoms with Crippen LogP contribution in [0.25, 0.3) is 0 Å². The topological polar surface area (TPSA) is 54.3 Å². The van der Waals surface area contributed by atoms with Gasteiger partial charge in [-0.05, 0) is 30.7 Å². The van der Waals surface area contributed by atoms with E-state index in [-0.39, 0.29) is 5.91 Å². The van der Waals surface area contributed by atoms with Crippen LogP contribution in [-0.2, 0) is 6.54 Å². The number of nitrogens with one attached hydrogen (secondary N) is 2. The van der Waals surface area contributed by atoms with Gasteiger partial charge in [-0.1, -0.05) is 26.0 Å². The van der Waals surface area contributed by atoms with Gasteiger partial charge in [0, 0.05) is 18.3 Å². The maximum Gasteiger partial charge on any atom is 0.259 e. The first-order valence-electron chi connectivity index (χ1n) is 6.74. The van der Waals surface area contributed by atoms with Gasteiger partial charge in [0.1, 0.15) is 5.76 Å². The molecule has 20 heavy (non-hydrogen) atoms. The molecule has 1 heterocycles. The summed E-state index contributed by atoms with van der Waals surface area (Å²) in [6.07, 6.45) is 1.52. The molecule has 0 aliphatic rings. The van der Waals surface area contributed by atoms with Crippen molar-refractivity contribution in [2.45, 2.75) is 33.4 Å². The molecule has 0 saturated carbocycles. The lowest BCUT2D eigenvalue weighted by molar-refractivity contribution is 0.102.